The second-order valence-corrected chi connectivity index (χ2v) is 22.0. The van der Waals surface area contributed by atoms with Crippen LogP contribution in [0, 0.1) is 0 Å². The average Bonchev–Trinajstić information content (AvgIpc) is 2.76. The first-order chi connectivity index (χ1) is 17.0. The molecule has 1 aliphatic rings. The minimum Gasteiger partial charge on any atom is -0.325 e. The molecule has 0 fully saturated rings. The van der Waals surface area contributed by atoms with Gasteiger partial charge in [0, 0.05) is 57.2 Å². The molecule has 228 valence electrons. The second-order valence-electron chi connectivity index (χ2n) is 13.3. The van der Waals surface area contributed by atoms with Gasteiger partial charge in [-0.2, -0.15) is 13.5 Å². The number of hydrogen-bond acceptors (Lipinski definition) is 10. The van der Waals surface area contributed by atoms with Gasteiger partial charge >= 0.3 is 0 Å². The lowest BCUT2D eigenvalue weighted by molar-refractivity contribution is 0.276. The highest BCUT2D eigenvalue weighted by Gasteiger charge is 2.44. The fraction of sp³-hybridized carbons (Fsp3) is 1.00. The van der Waals surface area contributed by atoms with E-state index in [4.69, 9.17) is 30.5 Å². The van der Waals surface area contributed by atoms with Crippen LogP contribution in [0.15, 0.2) is 13.5 Å². The molecule has 10 nitrogen and oxygen atoms in total. The molecule has 0 aliphatic carbocycles. The molecule has 0 aromatic heterocycles. The highest BCUT2D eigenvalue weighted by atomic mass is 127. The number of nitrogens with two attached hydrogens (primary N) is 3. The highest BCUT2D eigenvalue weighted by molar-refractivity contribution is 14.1. The molecule has 0 saturated heterocycles. The van der Waals surface area contributed by atoms with E-state index in [-0.39, 0.29) is 27.7 Å². The molecule has 0 aromatic rings. The molecule has 1 heterocycles. The van der Waals surface area contributed by atoms with Crippen molar-refractivity contribution in [2.24, 2.45) is 30.5 Å². The molecule has 7 unspecified atom stereocenters. The van der Waals surface area contributed by atoms with Gasteiger partial charge in [0.2, 0.25) is 15.0 Å². The van der Waals surface area contributed by atoms with Crippen molar-refractivity contribution < 1.29 is 0 Å². The molecule has 0 aromatic carbocycles. The Balaban J connectivity index is 3.92. The van der Waals surface area contributed by atoms with Gasteiger partial charge in [-0.1, -0.05) is 34.6 Å². The van der Waals surface area contributed by atoms with E-state index in [1.165, 1.54) is 0 Å². The Labute approximate surface area is 248 Å². The van der Waals surface area contributed by atoms with Gasteiger partial charge in [-0.05, 0) is 86.5 Å². The lowest BCUT2D eigenvalue weighted by atomic mass is 9.82. The van der Waals surface area contributed by atoms with Crippen LogP contribution in [0.1, 0.15) is 121 Å². The summed E-state index contributed by atoms with van der Waals surface area (Å²) >= 11 is 2.18. The molecule has 1 aliphatic heterocycles. The maximum Gasteiger partial charge on any atom is 0.215 e. The Morgan fingerprint density at radius 1 is 0.658 bits per heavy atom. The van der Waals surface area contributed by atoms with Gasteiger partial charge in [-0.15, -0.1) is 0 Å². The summed E-state index contributed by atoms with van der Waals surface area (Å²) in [7, 11) is -8.02. The Morgan fingerprint density at radius 3 is 1.47 bits per heavy atom. The molecule has 0 bridgehead atoms. The highest BCUT2D eigenvalue weighted by Crippen LogP contribution is 2.71. The first-order valence-electron chi connectivity index (χ1n) is 14.0. The lowest BCUT2D eigenvalue weighted by Gasteiger charge is -2.46. The monoisotopic (exact) mass is 708 g/mol. The molecule has 7 atom stereocenters. The van der Waals surface area contributed by atoms with E-state index in [9.17, 15) is 0 Å². The molecule has 0 radical (unpaired) electrons. The van der Waals surface area contributed by atoms with Crippen LogP contribution in [0.2, 0.25) is 0 Å². The van der Waals surface area contributed by atoms with Gasteiger partial charge in [0.15, 0.2) is 7.36 Å². The molecule has 0 amide bonds. The predicted octanol–water partition coefficient (Wildman–Crippen LogP) is 7.78. The number of nitrogens with one attached hydrogen (secondary N) is 4. The number of nitrogens with zero attached hydrogens (tertiary/aromatic N) is 3. The topological polar surface area (TPSA) is 163 Å². The van der Waals surface area contributed by atoms with Crippen molar-refractivity contribution in [2.45, 2.75) is 149 Å². The summed E-state index contributed by atoms with van der Waals surface area (Å²) in [6.45, 7) is 26.0. The summed E-state index contributed by atoms with van der Waals surface area (Å²) in [5.74, 6) is 0. The van der Waals surface area contributed by atoms with E-state index < -0.39 is 22.4 Å². The normalized spacial score (nSPS) is 32.5. The van der Waals surface area contributed by atoms with E-state index >= 15 is 0 Å². The van der Waals surface area contributed by atoms with Crippen molar-refractivity contribution in [3.63, 3.8) is 0 Å². The summed E-state index contributed by atoms with van der Waals surface area (Å²) in [4.78, 5) is 0. The van der Waals surface area contributed by atoms with Crippen molar-refractivity contribution in [1.82, 2.24) is 18.6 Å². The van der Waals surface area contributed by atoms with Gasteiger partial charge in [0.25, 0.3) is 0 Å². The van der Waals surface area contributed by atoms with Crippen LogP contribution < -0.4 is 35.5 Å². The third-order valence-corrected chi connectivity index (χ3v) is 20.7. The molecular formula is C24H60IN10P3. The number of hydrogen-bond donors (Lipinski definition) is 7. The number of rotatable bonds is 16. The summed E-state index contributed by atoms with van der Waals surface area (Å²) in [6, 6.07) is 0. The first kappa shape index (κ1) is 37.2. The third kappa shape index (κ3) is 10.8. The Bertz CT molecular complexity index is 980. The summed E-state index contributed by atoms with van der Waals surface area (Å²) in [6.07, 6.45) is 5.96. The average molecular weight is 709 g/mol. The van der Waals surface area contributed by atoms with Crippen molar-refractivity contribution in [3.05, 3.63) is 0 Å². The van der Waals surface area contributed by atoms with Crippen LogP contribution in [0.25, 0.3) is 0 Å². The lowest BCUT2D eigenvalue weighted by Crippen LogP contribution is -2.53. The largest absolute Gasteiger partial charge is 0.325 e. The third-order valence-electron chi connectivity index (χ3n) is 8.01. The first-order valence-corrected chi connectivity index (χ1v) is 20.7. The van der Waals surface area contributed by atoms with Crippen LogP contribution in [0.5, 0.6) is 0 Å². The zero-order chi connectivity index (χ0) is 29.9. The van der Waals surface area contributed by atoms with Crippen LogP contribution >= 0.6 is 45.2 Å². The minimum absolute atomic E-state index is 0.219. The zero-order valence-electron chi connectivity index (χ0n) is 26.2. The molecule has 0 spiro atoms. The summed E-state index contributed by atoms with van der Waals surface area (Å²) in [5, 5.41) is 11.7. The fourth-order valence-corrected chi connectivity index (χ4v) is 18.0. The molecule has 0 saturated carbocycles. The molecule has 38 heavy (non-hydrogen) atoms. The second kappa shape index (κ2) is 13.2. The van der Waals surface area contributed by atoms with Crippen LogP contribution in [-0.2, 0) is 0 Å². The summed E-state index contributed by atoms with van der Waals surface area (Å²) < 4.78 is 19.4. The van der Waals surface area contributed by atoms with Gasteiger partial charge in [-0.3, -0.25) is 5.50 Å². The zero-order valence-corrected chi connectivity index (χ0v) is 31.1. The molecule has 1 rings (SSSR count). The van der Waals surface area contributed by atoms with E-state index in [0.29, 0.717) is 0 Å². The Kier molecular flexibility index (Phi) is 12.9. The maximum atomic E-state index is 7.26. The fourth-order valence-electron chi connectivity index (χ4n) is 4.76. The Hall–Kier alpha value is 1.14. The quantitative estimate of drug-likeness (QED) is 0.0489. The maximum absolute atomic E-state index is 7.26. The Morgan fingerprint density at radius 2 is 1.11 bits per heavy atom. The van der Waals surface area contributed by atoms with Crippen molar-refractivity contribution in [1.29, 1.82) is 0 Å². The molecular weight excluding hydrogens is 648 g/mol. The molecule has 14 heteroatoms. The summed E-state index contributed by atoms with van der Waals surface area (Å²) in [5.41, 5.74) is 19.1. The van der Waals surface area contributed by atoms with E-state index in [1.54, 1.807) is 0 Å². The standard InChI is InChI=1S/C24H60IN10P3/c1-13-20(6,7)29-38(31-24(11,17-5)19-22(9,27)15-3)34-36(12,32-25)33-37(28,35-38)30-23(10,16-4)18-21(8,26)14-2/h29-32H,13-19,26-28H2,1-12H3. The van der Waals surface area contributed by atoms with Gasteiger partial charge in [0.05, 0.1) is 0 Å². The van der Waals surface area contributed by atoms with Crippen molar-refractivity contribution >= 4 is 45.2 Å². The van der Waals surface area contributed by atoms with Gasteiger partial charge < -0.3 is 11.5 Å². The van der Waals surface area contributed by atoms with Gasteiger partial charge in [0.1, 0.15) is 0 Å². The smallest absolute Gasteiger partial charge is 0.215 e. The van der Waals surface area contributed by atoms with Crippen LogP contribution in [0.3, 0.4) is 0 Å². The van der Waals surface area contributed by atoms with Gasteiger partial charge in [-0.25, -0.2) is 18.6 Å². The SMILES string of the molecule is CCC(C)(N)CC(C)(CC)NP1(N)=NP(NC(C)(C)CC)(NC(C)(CC)CC(C)(N)CC)=NP(C)(NI)=N1. The van der Waals surface area contributed by atoms with Crippen LogP contribution in [-0.4, -0.2) is 34.4 Å². The van der Waals surface area contributed by atoms with E-state index in [2.05, 4.69) is 124 Å². The minimum atomic E-state index is -2.88. The predicted molar refractivity (Wildman–Crippen MR) is 181 cm³/mol. The van der Waals surface area contributed by atoms with E-state index in [0.717, 1.165) is 44.9 Å². The van der Waals surface area contributed by atoms with E-state index in [1.807, 2.05) is 0 Å². The van der Waals surface area contributed by atoms with Crippen LogP contribution in [0.4, 0.5) is 0 Å². The van der Waals surface area contributed by atoms with Crippen molar-refractivity contribution in [2.75, 3.05) is 6.66 Å². The number of halogens is 1. The van der Waals surface area contributed by atoms with Crippen molar-refractivity contribution in [3.8, 4) is 0 Å². The molecule has 10 N–H and O–H groups in total.